The molecule has 0 unspecified atom stereocenters. The van der Waals surface area contributed by atoms with Crippen LogP contribution in [0.15, 0.2) is 0 Å². The Bertz CT molecular complexity index is 276. The Morgan fingerprint density at radius 2 is 1.09 bits per heavy atom. The Balaban J connectivity index is 3.27. The molecule has 130 valence electrons. The minimum atomic E-state index is -0.168. The summed E-state index contributed by atoms with van der Waals surface area (Å²) in [6.07, 6.45) is 11.5. The number of esters is 2. The Kier molecular flexibility index (Phi) is 15.5. The van der Waals surface area contributed by atoms with Crippen molar-refractivity contribution in [1.82, 2.24) is 0 Å². The van der Waals surface area contributed by atoms with E-state index in [0.29, 0.717) is 38.9 Å². The first-order valence-electron chi connectivity index (χ1n) is 9.02. The number of rotatable bonds is 15. The van der Waals surface area contributed by atoms with Gasteiger partial charge in [0, 0.05) is 12.8 Å². The van der Waals surface area contributed by atoms with E-state index in [4.69, 9.17) is 9.47 Å². The smallest absolute Gasteiger partial charge is 0.305 e. The fourth-order valence-electron chi connectivity index (χ4n) is 2.14. The maximum atomic E-state index is 11.5. The summed E-state index contributed by atoms with van der Waals surface area (Å²) < 4.78 is 10.2. The van der Waals surface area contributed by atoms with Crippen molar-refractivity contribution in [3.8, 4) is 0 Å². The van der Waals surface area contributed by atoms with Crippen LogP contribution < -0.4 is 0 Å². The molecule has 4 heteroatoms. The van der Waals surface area contributed by atoms with Crippen molar-refractivity contribution in [2.45, 2.75) is 90.9 Å². The van der Waals surface area contributed by atoms with Gasteiger partial charge in [0.15, 0.2) is 0 Å². The molecule has 0 saturated carbocycles. The van der Waals surface area contributed by atoms with Gasteiger partial charge in [-0.15, -0.1) is 0 Å². The van der Waals surface area contributed by atoms with Gasteiger partial charge in [0.2, 0.25) is 0 Å². The second kappa shape index (κ2) is 16.3. The van der Waals surface area contributed by atoms with Gasteiger partial charge in [0.25, 0.3) is 0 Å². The van der Waals surface area contributed by atoms with Gasteiger partial charge >= 0.3 is 11.9 Å². The third-order valence-corrected chi connectivity index (χ3v) is 3.49. The Morgan fingerprint density at radius 1 is 0.591 bits per heavy atom. The van der Waals surface area contributed by atoms with Gasteiger partial charge in [0.05, 0.1) is 13.2 Å². The predicted molar refractivity (Wildman–Crippen MR) is 88.7 cm³/mol. The zero-order valence-corrected chi connectivity index (χ0v) is 14.5. The molecule has 0 spiro atoms. The highest BCUT2D eigenvalue weighted by Crippen LogP contribution is 2.08. The standard InChI is InChI=1S/C18H34O4/c1-3-5-6-7-8-9-12-16-22-18(20)14-11-10-13-17(19)21-15-4-2/h3-16H2,1-2H3. The average molecular weight is 314 g/mol. The maximum Gasteiger partial charge on any atom is 0.305 e. The van der Waals surface area contributed by atoms with Crippen LogP contribution in [0, 0.1) is 0 Å². The summed E-state index contributed by atoms with van der Waals surface area (Å²) in [7, 11) is 0. The van der Waals surface area contributed by atoms with Crippen LogP contribution in [0.4, 0.5) is 0 Å². The molecule has 0 aliphatic carbocycles. The van der Waals surface area contributed by atoms with Crippen molar-refractivity contribution in [2.75, 3.05) is 13.2 Å². The first kappa shape index (κ1) is 20.9. The number of carbonyl (C=O) groups excluding carboxylic acids is 2. The molecule has 0 heterocycles. The van der Waals surface area contributed by atoms with E-state index in [1.165, 1.54) is 32.1 Å². The lowest BCUT2D eigenvalue weighted by molar-refractivity contribution is -0.146. The van der Waals surface area contributed by atoms with Crippen LogP contribution in [0.1, 0.15) is 90.9 Å². The molecule has 0 amide bonds. The van der Waals surface area contributed by atoms with Gasteiger partial charge in [-0.1, -0.05) is 52.4 Å². The summed E-state index contributed by atoms with van der Waals surface area (Å²) in [6, 6.07) is 0. The second-order valence-electron chi connectivity index (χ2n) is 5.77. The third-order valence-electron chi connectivity index (χ3n) is 3.49. The number of unbranched alkanes of at least 4 members (excludes halogenated alkanes) is 7. The molecule has 0 aliphatic rings. The van der Waals surface area contributed by atoms with Crippen LogP contribution in [0.2, 0.25) is 0 Å². The van der Waals surface area contributed by atoms with E-state index in [0.717, 1.165) is 19.3 Å². The molecule has 0 aromatic heterocycles. The van der Waals surface area contributed by atoms with E-state index >= 15 is 0 Å². The Morgan fingerprint density at radius 3 is 1.64 bits per heavy atom. The molecule has 0 radical (unpaired) electrons. The quantitative estimate of drug-likeness (QED) is 0.322. The molecular formula is C18H34O4. The summed E-state index contributed by atoms with van der Waals surface area (Å²) in [6.45, 7) is 5.20. The number of ether oxygens (including phenoxy) is 2. The van der Waals surface area contributed by atoms with E-state index in [1.807, 2.05) is 6.92 Å². The fourth-order valence-corrected chi connectivity index (χ4v) is 2.14. The average Bonchev–Trinajstić information content (AvgIpc) is 2.52. The minimum absolute atomic E-state index is 0.145. The predicted octanol–water partition coefficient (Wildman–Crippen LogP) is 4.79. The summed E-state index contributed by atoms with van der Waals surface area (Å²) in [4.78, 5) is 22.7. The highest BCUT2D eigenvalue weighted by Gasteiger charge is 2.05. The van der Waals surface area contributed by atoms with E-state index in [2.05, 4.69) is 6.92 Å². The van der Waals surface area contributed by atoms with Gasteiger partial charge < -0.3 is 9.47 Å². The highest BCUT2D eigenvalue weighted by molar-refractivity contribution is 5.70. The SMILES string of the molecule is CCCCCCCCCOC(=O)CCCCC(=O)OCCC. The van der Waals surface area contributed by atoms with E-state index in [-0.39, 0.29) is 11.9 Å². The van der Waals surface area contributed by atoms with Crippen LogP contribution >= 0.6 is 0 Å². The lowest BCUT2D eigenvalue weighted by Gasteiger charge is -2.05. The molecule has 0 aromatic rings. The Labute approximate surface area is 135 Å². The summed E-state index contributed by atoms with van der Waals surface area (Å²) in [5, 5.41) is 0. The van der Waals surface area contributed by atoms with Crippen LogP contribution in [0.5, 0.6) is 0 Å². The van der Waals surface area contributed by atoms with E-state index in [9.17, 15) is 9.59 Å². The van der Waals surface area contributed by atoms with Crippen molar-refractivity contribution < 1.29 is 19.1 Å². The van der Waals surface area contributed by atoms with Gasteiger partial charge in [-0.3, -0.25) is 9.59 Å². The lowest BCUT2D eigenvalue weighted by atomic mass is 10.1. The van der Waals surface area contributed by atoms with Gasteiger partial charge in [-0.05, 0) is 25.7 Å². The van der Waals surface area contributed by atoms with Crippen molar-refractivity contribution in [3.05, 3.63) is 0 Å². The third kappa shape index (κ3) is 15.3. The van der Waals surface area contributed by atoms with Crippen LogP contribution in [-0.4, -0.2) is 25.2 Å². The zero-order chi connectivity index (χ0) is 16.5. The molecule has 4 nitrogen and oxygen atoms in total. The molecule has 0 aliphatic heterocycles. The van der Waals surface area contributed by atoms with Gasteiger partial charge in [-0.25, -0.2) is 0 Å². The first-order chi connectivity index (χ1) is 10.7. The fraction of sp³-hybridized carbons (Fsp3) is 0.889. The van der Waals surface area contributed by atoms with Gasteiger partial charge in [0.1, 0.15) is 0 Å². The molecule has 0 saturated heterocycles. The van der Waals surface area contributed by atoms with Gasteiger partial charge in [-0.2, -0.15) is 0 Å². The topological polar surface area (TPSA) is 52.6 Å². The number of hydrogen-bond donors (Lipinski definition) is 0. The molecule has 0 rings (SSSR count). The molecule has 0 N–H and O–H groups in total. The zero-order valence-electron chi connectivity index (χ0n) is 14.5. The van der Waals surface area contributed by atoms with E-state index < -0.39 is 0 Å². The number of carbonyl (C=O) groups is 2. The molecule has 0 atom stereocenters. The number of hydrogen-bond acceptors (Lipinski definition) is 4. The minimum Gasteiger partial charge on any atom is -0.466 e. The molecule has 0 aromatic carbocycles. The van der Waals surface area contributed by atoms with Crippen molar-refractivity contribution >= 4 is 11.9 Å². The molecule has 0 fully saturated rings. The highest BCUT2D eigenvalue weighted by atomic mass is 16.5. The summed E-state index contributed by atoms with van der Waals surface area (Å²) in [5.41, 5.74) is 0. The van der Waals surface area contributed by atoms with E-state index in [1.54, 1.807) is 0 Å². The van der Waals surface area contributed by atoms with Crippen LogP contribution in [0.25, 0.3) is 0 Å². The summed E-state index contributed by atoms with van der Waals surface area (Å²) in [5.74, 6) is -0.314. The molecular weight excluding hydrogens is 280 g/mol. The molecule has 22 heavy (non-hydrogen) atoms. The van der Waals surface area contributed by atoms with Crippen LogP contribution in [0.3, 0.4) is 0 Å². The largest absolute Gasteiger partial charge is 0.466 e. The lowest BCUT2D eigenvalue weighted by Crippen LogP contribution is -2.07. The second-order valence-corrected chi connectivity index (χ2v) is 5.77. The van der Waals surface area contributed by atoms with Crippen molar-refractivity contribution in [3.63, 3.8) is 0 Å². The first-order valence-corrected chi connectivity index (χ1v) is 9.02. The monoisotopic (exact) mass is 314 g/mol. The van der Waals surface area contributed by atoms with Crippen molar-refractivity contribution in [1.29, 1.82) is 0 Å². The van der Waals surface area contributed by atoms with Crippen LogP contribution in [-0.2, 0) is 19.1 Å². The maximum absolute atomic E-state index is 11.5. The van der Waals surface area contributed by atoms with Crippen molar-refractivity contribution in [2.24, 2.45) is 0 Å². The Hall–Kier alpha value is -1.06. The normalized spacial score (nSPS) is 10.5. The summed E-state index contributed by atoms with van der Waals surface area (Å²) >= 11 is 0. The molecule has 0 bridgehead atoms.